The normalized spacial score (nSPS) is 20.2. The molecule has 0 saturated carbocycles. The molecule has 1 aliphatic rings. The Morgan fingerprint density at radius 1 is 1.57 bits per heavy atom. The van der Waals surface area contributed by atoms with Crippen molar-refractivity contribution in [3.05, 3.63) is 27.2 Å². The Bertz CT molecular complexity index is 405. The van der Waals surface area contributed by atoms with Crippen molar-refractivity contribution in [3.8, 4) is 0 Å². The maximum atomic E-state index is 11.4. The van der Waals surface area contributed by atoms with Gasteiger partial charge in [-0.25, -0.2) is 0 Å². The fourth-order valence-corrected chi connectivity index (χ4v) is 2.18. The van der Waals surface area contributed by atoms with Crippen LogP contribution in [0.25, 0.3) is 0 Å². The lowest BCUT2D eigenvalue weighted by molar-refractivity contribution is -0.119. The van der Waals surface area contributed by atoms with Gasteiger partial charge in [-0.15, -0.1) is 0 Å². The van der Waals surface area contributed by atoms with Crippen LogP contribution in [0.2, 0.25) is 5.02 Å². The second-order valence-electron chi connectivity index (χ2n) is 3.48. The molecule has 1 aromatic carbocycles. The minimum absolute atomic E-state index is 0.00528. The van der Waals surface area contributed by atoms with E-state index in [1.54, 1.807) is 0 Å². The van der Waals surface area contributed by atoms with Crippen LogP contribution in [0.15, 0.2) is 16.6 Å². The highest BCUT2D eigenvalue weighted by Gasteiger charge is 2.24. The summed E-state index contributed by atoms with van der Waals surface area (Å²) >= 11 is 9.49. The summed E-state index contributed by atoms with van der Waals surface area (Å²) in [6.45, 7) is 1.90. The Balaban J connectivity index is 2.52. The van der Waals surface area contributed by atoms with Crippen LogP contribution >= 0.6 is 27.5 Å². The largest absolute Gasteiger partial charge is 0.326 e. The van der Waals surface area contributed by atoms with E-state index in [0.29, 0.717) is 11.4 Å². The predicted octanol–water partition coefficient (Wildman–Crippen LogP) is 3.23. The maximum Gasteiger partial charge on any atom is 0.227 e. The molecule has 14 heavy (non-hydrogen) atoms. The molecule has 1 aromatic rings. The Labute approximate surface area is 95.8 Å². The number of rotatable bonds is 0. The molecular weight excluding hydrogens is 265 g/mol. The van der Waals surface area contributed by atoms with Gasteiger partial charge in [0.2, 0.25) is 5.91 Å². The molecule has 0 saturated heterocycles. The monoisotopic (exact) mass is 273 g/mol. The summed E-state index contributed by atoms with van der Waals surface area (Å²) in [4.78, 5) is 11.4. The summed E-state index contributed by atoms with van der Waals surface area (Å²) in [7, 11) is 0. The van der Waals surface area contributed by atoms with Gasteiger partial charge in [0.05, 0.1) is 5.02 Å². The van der Waals surface area contributed by atoms with Crippen molar-refractivity contribution < 1.29 is 4.79 Å². The SMILES string of the molecule is CC1Cc2c(ccc(Br)c2Cl)NC1=O. The average Bonchev–Trinajstić information content (AvgIpc) is 2.15. The minimum Gasteiger partial charge on any atom is -0.326 e. The number of hydrogen-bond acceptors (Lipinski definition) is 1. The summed E-state index contributed by atoms with van der Waals surface area (Å²) in [6, 6.07) is 3.71. The molecule has 0 bridgehead atoms. The molecule has 0 spiro atoms. The van der Waals surface area contributed by atoms with Gasteiger partial charge in [-0.2, -0.15) is 0 Å². The summed E-state index contributed by atoms with van der Waals surface area (Å²) in [5, 5.41) is 3.54. The molecule has 1 aliphatic heterocycles. The third kappa shape index (κ3) is 1.55. The molecule has 2 rings (SSSR count). The van der Waals surface area contributed by atoms with Crippen LogP contribution in [0.1, 0.15) is 12.5 Å². The highest BCUT2D eigenvalue weighted by molar-refractivity contribution is 9.10. The molecule has 1 atom stereocenters. The maximum absolute atomic E-state index is 11.4. The van der Waals surface area contributed by atoms with Crippen molar-refractivity contribution in [1.29, 1.82) is 0 Å². The van der Waals surface area contributed by atoms with E-state index >= 15 is 0 Å². The van der Waals surface area contributed by atoms with Crippen molar-refractivity contribution in [3.63, 3.8) is 0 Å². The van der Waals surface area contributed by atoms with Crippen LogP contribution in [0, 0.1) is 5.92 Å². The van der Waals surface area contributed by atoms with Crippen molar-refractivity contribution in [2.75, 3.05) is 5.32 Å². The predicted molar refractivity (Wildman–Crippen MR) is 60.6 cm³/mol. The number of hydrogen-bond donors (Lipinski definition) is 1. The first-order valence-corrected chi connectivity index (χ1v) is 5.54. The molecule has 1 unspecified atom stereocenters. The van der Waals surface area contributed by atoms with E-state index in [9.17, 15) is 4.79 Å². The lowest BCUT2D eigenvalue weighted by Gasteiger charge is -2.23. The Morgan fingerprint density at radius 3 is 3.00 bits per heavy atom. The molecule has 1 amide bonds. The van der Waals surface area contributed by atoms with E-state index in [2.05, 4.69) is 21.2 Å². The van der Waals surface area contributed by atoms with Crippen LogP contribution in [-0.2, 0) is 11.2 Å². The van der Waals surface area contributed by atoms with Gasteiger partial charge >= 0.3 is 0 Å². The molecule has 2 nitrogen and oxygen atoms in total. The molecular formula is C10H9BrClNO. The zero-order valence-corrected chi connectivity index (χ0v) is 9.95. The standard InChI is InChI=1S/C10H9BrClNO/c1-5-4-6-8(13-10(5)14)3-2-7(11)9(6)12/h2-3,5H,4H2,1H3,(H,13,14). The summed E-state index contributed by atoms with van der Waals surface area (Å²) in [6.07, 6.45) is 0.708. The number of amides is 1. The number of carbonyl (C=O) groups is 1. The van der Waals surface area contributed by atoms with Gasteiger partial charge in [-0.05, 0) is 40.0 Å². The van der Waals surface area contributed by atoms with E-state index in [1.165, 1.54) is 0 Å². The van der Waals surface area contributed by atoms with Crippen molar-refractivity contribution in [2.24, 2.45) is 5.92 Å². The lowest BCUT2D eigenvalue weighted by Crippen LogP contribution is -2.27. The average molecular weight is 275 g/mol. The summed E-state index contributed by atoms with van der Waals surface area (Å²) < 4.78 is 0.876. The minimum atomic E-state index is -0.00528. The Kier molecular flexibility index (Phi) is 2.54. The Hall–Kier alpha value is -0.540. The highest BCUT2D eigenvalue weighted by Crippen LogP contribution is 2.36. The van der Waals surface area contributed by atoms with E-state index in [0.717, 1.165) is 15.7 Å². The van der Waals surface area contributed by atoms with Crippen LogP contribution in [0.5, 0.6) is 0 Å². The van der Waals surface area contributed by atoms with E-state index in [-0.39, 0.29) is 11.8 Å². The van der Waals surface area contributed by atoms with E-state index < -0.39 is 0 Å². The molecule has 0 radical (unpaired) electrons. The van der Waals surface area contributed by atoms with Crippen LogP contribution in [0.3, 0.4) is 0 Å². The number of halogens is 2. The van der Waals surface area contributed by atoms with Crippen LogP contribution in [-0.4, -0.2) is 5.91 Å². The zero-order valence-electron chi connectivity index (χ0n) is 7.60. The molecule has 1 heterocycles. The van der Waals surface area contributed by atoms with Gasteiger partial charge in [0.15, 0.2) is 0 Å². The van der Waals surface area contributed by atoms with Crippen molar-refractivity contribution in [1.82, 2.24) is 0 Å². The van der Waals surface area contributed by atoms with Gasteiger partial charge in [0, 0.05) is 16.1 Å². The second kappa shape index (κ2) is 3.55. The molecule has 0 aromatic heterocycles. The fraction of sp³-hybridized carbons (Fsp3) is 0.300. The van der Waals surface area contributed by atoms with E-state index in [1.807, 2.05) is 19.1 Å². The number of nitrogens with one attached hydrogen (secondary N) is 1. The zero-order chi connectivity index (χ0) is 10.3. The van der Waals surface area contributed by atoms with Crippen LogP contribution in [0.4, 0.5) is 5.69 Å². The van der Waals surface area contributed by atoms with Crippen molar-refractivity contribution >= 4 is 39.1 Å². The molecule has 0 fully saturated rings. The third-order valence-electron chi connectivity index (χ3n) is 2.41. The summed E-state index contributed by atoms with van der Waals surface area (Å²) in [5.41, 5.74) is 1.86. The van der Waals surface area contributed by atoms with E-state index in [4.69, 9.17) is 11.6 Å². The smallest absolute Gasteiger partial charge is 0.227 e. The first kappa shape index (κ1) is 9.99. The lowest BCUT2D eigenvalue weighted by atomic mass is 9.95. The first-order chi connectivity index (χ1) is 6.59. The second-order valence-corrected chi connectivity index (χ2v) is 4.71. The topological polar surface area (TPSA) is 29.1 Å². The number of benzene rings is 1. The fourth-order valence-electron chi connectivity index (χ4n) is 1.56. The Morgan fingerprint density at radius 2 is 2.29 bits per heavy atom. The van der Waals surface area contributed by atoms with Gasteiger partial charge < -0.3 is 5.32 Å². The van der Waals surface area contributed by atoms with Crippen molar-refractivity contribution in [2.45, 2.75) is 13.3 Å². The quantitative estimate of drug-likeness (QED) is 0.773. The number of anilines is 1. The van der Waals surface area contributed by atoms with Gasteiger partial charge in [0.25, 0.3) is 0 Å². The van der Waals surface area contributed by atoms with Gasteiger partial charge in [-0.1, -0.05) is 18.5 Å². The van der Waals surface area contributed by atoms with Gasteiger partial charge in [0.1, 0.15) is 0 Å². The molecule has 1 N–H and O–H groups in total. The first-order valence-electron chi connectivity index (χ1n) is 4.37. The molecule has 4 heteroatoms. The molecule has 0 aliphatic carbocycles. The summed E-state index contributed by atoms with van der Waals surface area (Å²) in [5.74, 6) is 0.0604. The molecule has 74 valence electrons. The number of carbonyl (C=O) groups excluding carboxylic acids is 1. The van der Waals surface area contributed by atoms with Crippen LogP contribution < -0.4 is 5.32 Å². The third-order valence-corrected chi connectivity index (χ3v) is 3.73. The highest BCUT2D eigenvalue weighted by atomic mass is 79.9. The van der Waals surface area contributed by atoms with Gasteiger partial charge in [-0.3, -0.25) is 4.79 Å². The number of fused-ring (bicyclic) bond motifs is 1.